The fourth-order valence-corrected chi connectivity index (χ4v) is 2.49. The van der Waals surface area contributed by atoms with Crippen LogP contribution in [-0.2, 0) is 9.47 Å². The molecule has 0 aromatic heterocycles. The Morgan fingerprint density at radius 1 is 1.18 bits per heavy atom. The van der Waals surface area contributed by atoms with E-state index in [1.807, 2.05) is 41.5 Å². The molecule has 1 rings (SSSR count). The molecule has 130 valence electrons. The van der Waals surface area contributed by atoms with Crippen LogP contribution in [0, 0.1) is 0 Å². The fraction of sp³-hybridized carbons (Fsp3) is 0.941. The Labute approximate surface area is 135 Å². The molecular weight excluding hydrogens is 280 g/mol. The summed E-state index contributed by atoms with van der Waals surface area (Å²) in [6, 6.07) is 0. The first-order valence-electron chi connectivity index (χ1n) is 8.26. The molecule has 1 amide bonds. The van der Waals surface area contributed by atoms with Crippen LogP contribution in [0.1, 0.15) is 61.3 Å². The lowest BCUT2D eigenvalue weighted by atomic mass is 9.92. The van der Waals surface area contributed by atoms with E-state index in [1.54, 1.807) is 4.90 Å². The molecule has 1 fully saturated rings. The molecule has 0 saturated carbocycles. The highest BCUT2D eigenvalue weighted by Crippen LogP contribution is 2.21. The second-order valence-corrected chi connectivity index (χ2v) is 8.40. The summed E-state index contributed by atoms with van der Waals surface area (Å²) in [5.41, 5.74) is -0.628. The van der Waals surface area contributed by atoms with Gasteiger partial charge >= 0.3 is 6.09 Å². The van der Waals surface area contributed by atoms with Crippen LogP contribution in [0.3, 0.4) is 0 Å². The van der Waals surface area contributed by atoms with Crippen molar-refractivity contribution in [2.24, 2.45) is 0 Å². The van der Waals surface area contributed by atoms with Gasteiger partial charge in [0.25, 0.3) is 0 Å². The van der Waals surface area contributed by atoms with E-state index in [4.69, 9.17) is 9.47 Å². The number of carbonyl (C=O) groups excluding carboxylic acids is 1. The van der Waals surface area contributed by atoms with E-state index in [0.717, 1.165) is 32.6 Å². The average Bonchev–Trinajstić information content (AvgIpc) is 2.31. The number of nitrogens with one attached hydrogen (secondary N) is 1. The Bertz CT molecular complexity index is 363. The minimum absolute atomic E-state index is 0.107. The monoisotopic (exact) mass is 314 g/mol. The van der Waals surface area contributed by atoms with Crippen molar-refractivity contribution in [1.82, 2.24) is 10.2 Å². The minimum Gasteiger partial charge on any atom is -0.444 e. The van der Waals surface area contributed by atoms with Crippen molar-refractivity contribution in [2.75, 3.05) is 26.3 Å². The summed E-state index contributed by atoms with van der Waals surface area (Å²) < 4.78 is 10.9. The van der Waals surface area contributed by atoms with Crippen LogP contribution in [0.4, 0.5) is 4.79 Å². The van der Waals surface area contributed by atoms with Crippen molar-refractivity contribution in [2.45, 2.75) is 78.0 Å². The van der Waals surface area contributed by atoms with Gasteiger partial charge in [0.1, 0.15) is 5.60 Å². The summed E-state index contributed by atoms with van der Waals surface area (Å²) in [6.45, 7) is 17.0. The van der Waals surface area contributed by atoms with Gasteiger partial charge in [0.2, 0.25) is 0 Å². The van der Waals surface area contributed by atoms with Gasteiger partial charge in [-0.25, -0.2) is 4.79 Å². The molecule has 0 bridgehead atoms. The normalized spacial score (nSPS) is 18.9. The second-order valence-electron chi connectivity index (χ2n) is 8.40. The van der Waals surface area contributed by atoms with Crippen LogP contribution < -0.4 is 5.32 Å². The summed E-state index contributed by atoms with van der Waals surface area (Å²) in [5, 5.41) is 3.59. The van der Waals surface area contributed by atoms with E-state index >= 15 is 0 Å². The van der Waals surface area contributed by atoms with Gasteiger partial charge in [-0.2, -0.15) is 0 Å². The van der Waals surface area contributed by atoms with Gasteiger partial charge < -0.3 is 19.7 Å². The number of amides is 1. The smallest absolute Gasteiger partial charge is 0.410 e. The summed E-state index contributed by atoms with van der Waals surface area (Å²) in [4.78, 5) is 14.2. The molecule has 0 radical (unpaired) electrons. The van der Waals surface area contributed by atoms with Crippen LogP contribution >= 0.6 is 0 Å². The average molecular weight is 314 g/mol. The van der Waals surface area contributed by atoms with Crippen LogP contribution in [0.2, 0.25) is 0 Å². The largest absolute Gasteiger partial charge is 0.444 e. The summed E-state index contributed by atoms with van der Waals surface area (Å²) in [7, 11) is 0. The zero-order valence-electron chi connectivity index (χ0n) is 15.4. The SMILES string of the molecule is CC1(NCCN(C(=O)OC(C)(C)C)C(C)(C)C)CCOCC1. The molecule has 5 nitrogen and oxygen atoms in total. The molecular formula is C17H34N2O3. The second kappa shape index (κ2) is 7.18. The zero-order valence-corrected chi connectivity index (χ0v) is 15.4. The first-order valence-corrected chi connectivity index (χ1v) is 8.26. The van der Waals surface area contributed by atoms with E-state index in [0.29, 0.717) is 6.54 Å². The van der Waals surface area contributed by atoms with Crippen LogP contribution in [0.25, 0.3) is 0 Å². The lowest BCUT2D eigenvalue weighted by Gasteiger charge is -2.39. The predicted molar refractivity (Wildman–Crippen MR) is 89.2 cm³/mol. The van der Waals surface area contributed by atoms with E-state index in [2.05, 4.69) is 12.2 Å². The number of ether oxygens (including phenoxy) is 2. The highest BCUT2D eigenvalue weighted by molar-refractivity contribution is 5.69. The first-order chi connectivity index (χ1) is 9.93. The molecule has 1 aliphatic heterocycles. The maximum absolute atomic E-state index is 12.4. The van der Waals surface area contributed by atoms with Crippen molar-refractivity contribution < 1.29 is 14.3 Å². The Balaban J connectivity index is 2.57. The lowest BCUT2D eigenvalue weighted by molar-refractivity contribution is 0.00429. The van der Waals surface area contributed by atoms with Gasteiger partial charge in [0, 0.05) is 37.4 Å². The minimum atomic E-state index is -0.472. The van der Waals surface area contributed by atoms with Gasteiger partial charge in [0.15, 0.2) is 0 Å². The van der Waals surface area contributed by atoms with Gasteiger partial charge in [-0.1, -0.05) is 0 Å². The van der Waals surface area contributed by atoms with Crippen molar-refractivity contribution in [1.29, 1.82) is 0 Å². The zero-order chi connectivity index (χ0) is 17.0. The van der Waals surface area contributed by atoms with E-state index in [1.165, 1.54) is 0 Å². The lowest BCUT2D eigenvalue weighted by Crippen LogP contribution is -2.53. The maximum Gasteiger partial charge on any atom is 0.410 e. The molecule has 0 atom stereocenters. The van der Waals surface area contributed by atoms with E-state index < -0.39 is 5.60 Å². The Morgan fingerprint density at radius 2 is 1.73 bits per heavy atom. The fourth-order valence-electron chi connectivity index (χ4n) is 2.49. The Morgan fingerprint density at radius 3 is 2.18 bits per heavy atom. The predicted octanol–water partition coefficient (Wildman–Crippen LogP) is 3.18. The standard InChI is InChI=1S/C17H34N2O3/c1-15(2,3)19(14(20)22-16(4,5)6)11-10-18-17(7)8-12-21-13-9-17/h18H,8-13H2,1-7H3. The van der Waals surface area contributed by atoms with Crippen LogP contribution in [-0.4, -0.2) is 54.0 Å². The molecule has 1 N–H and O–H groups in total. The number of carbonyl (C=O) groups is 1. The molecule has 0 aromatic carbocycles. The Kier molecular flexibility index (Phi) is 6.27. The van der Waals surface area contributed by atoms with Crippen molar-refractivity contribution in [3.8, 4) is 0 Å². The molecule has 22 heavy (non-hydrogen) atoms. The Hall–Kier alpha value is -0.810. The molecule has 1 heterocycles. The van der Waals surface area contributed by atoms with Crippen molar-refractivity contribution in [3.05, 3.63) is 0 Å². The third kappa shape index (κ3) is 6.53. The molecule has 1 saturated heterocycles. The van der Waals surface area contributed by atoms with E-state index in [9.17, 15) is 4.79 Å². The number of rotatable bonds is 4. The summed E-state index contributed by atoms with van der Waals surface area (Å²) >= 11 is 0. The third-order valence-electron chi connectivity index (χ3n) is 3.91. The van der Waals surface area contributed by atoms with Crippen LogP contribution in [0.5, 0.6) is 0 Å². The quantitative estimate of drug-likeness (QED) is 0.866. The van der Waals surface area contributed by atoms with Crippen molar-refractivity contribution in [3.63, 3.8) is 0 Å². The molecule has 1 aliphatic rings. The van der Waals surface area contributed by atoms with Gasteiger partial charge in [-0.15, -0.1) is 0 Å². The molecule has 5 heteroatoms. The number of hydrogen-bond donors (Lipinski definition) is 1. The van der Waals surface area contributed by atoms with Crippen LogP contribution in [0.15, 0.2) is 0 Å². The molecule has 0 spiro atoms. The highest BCUT2D eigenvalue weighted by Gasteiger charge is 2.32. The number of hydrogen-bond acceptors (Lipinski definition) is 4. The van der Waals surface area contributed by atoms with Crippen molar-refractivity contribution >= 4 is 6.09 Å². The topological polar surface area (TPSA) is 50.8 Å². The first kappa shape index (κ1) is 19.2. The van der Waals surface area contributed by atoms with Gasteiger partial charge in [0.05, 0.1) is 0 Å². The molecule has 0 aromatic rings. The summed E-state index contributed by atoms with van der Waals surface area (Å²) in [6.07, 6.45) is 1.77. The molecule has 0 unspecified atom stereocenters. The molecule has 0 aliphatic carbocycles. The number of nitrogens with zero attached hydrogens (tertiary/aromatic N) is 1. The van der Waals surface area contributed by atoms with E-state index in [-0.39, 0.29) is 17.2 Å². The van der Waals surface area contributed by atoms with Gasteiger partial charge in [-0.3, -0.25) is 0 Å². The third-order valence-corrected chi connectivity index (χ3v) is 3.91. The maximum atomic E-state index is 12.4. The summed E-state index contributed by atoms with van der Waals surface area (Å²) in [5.74, 6) is 0. The highest BCUT2D eigenvalue weighted by atomic mass is 16.6. The van der Waals surface area contributed by atoms with Gasteiger partial charge in [-0.05, 0) is 61.3 Å².